The molecule has 116 valence electrons. The van der Waals surface area contributed by atoms with Crippen LogP contribution >= 0.6 is 0 Å². The van der Waals surface area contributed by atoms with E-state index < -0.39 is 12.0 Å². The first kappa shape index (κ1) is 16.8. The van der Waals surface area contributed by atoms with Gasteiger partial charge in [-0.3, -0.25) is 4.79 Å². The van der Waals surface area contributed by atoms with Gasteiger partial charge in [-0.15, -0.1) is 0 Å². The summed E-state index contributed by atoms with van der Waals surface area (Å²) in [6.07, 6.45) is 1.14. The molecule has 0 aliphatic heterocycles. The fourth-order valence-electron chi connectivity index (χ4n) is 1.96. The lowest BCUT2D eigenvalue weighted by Crippen LogP contribution is -2.41. The smallest absolute Gasteiger partial charge is 0.326 e. The molecule has 21 heavy (non-hydrogen) atoms. The average Bonchev–Trinajstić information content (AvgIpc) is 2.47. The number of ether oxygens (including phenoxy) is 2. The summed E-state index contributed by atoms with van der Waals surface area (Å²) in [6.45, 7) is 1.87. The monoisotopic (exact) mass is 295 g/mol. The van der Waals surface area contributed by atoms with Gasteiger partial charge in [0.05, 0.1) is 20.6 Å². The summed E-state index contributed by atoms with van der Waals surface area (Å²) in [5.74, 6) is -0.205. The number of aliphatic carboxylic acids is 1. The Morgan fingerprint density at radius 1 is 1.29 bits per heavy atom. The van der Waals surface area contributed by atoms with Crippen LogP contribution in [0.4, 0.5) is 0 Å². The molecule has 0 aromatic heterocycles. The lowest BCUT2D eigenvalue weighted by molar-refractivity contribution is -0.141. The van der Waals surface area contributed by atoms with E-state index in [1.807, 2.05) is 6.92 Å². The molecular formula is C15H21NO5. The molecule has 0 aliphatic carbocycles. The number of carboxylic acid groups (broad SMARTS) is 1. The molecule has 1 amide bonds. The first-order chi connectivity index (χ1) is 10.0. The van der Waals surface area contributed by atoms with Crippen molar-refractivity contribution in [2.24, 2.45) is 0 Å². The molecule has 1 aromatic rings. The van der Waals surface area contributed by atoms with E-state index in [9.17, 15) is 9.59 Å². The number of rotatable bonds is 8. The van der Waals surface area contributed by atoms with Gasteiger partial charge in [0.15, 0.2) is 0 Å². The molecule has 2 N–H and O–H groups in total. The van der Waals surface area contributed by atoms with E-state index in [2.05, 4.69) is 5.32 Å². The maximum Gasteiger partial charge on any atom is 0.326 e. The lowest BCUT2D eigenvalue weighted by Gasteiger charge is -2.15. The third-order valence-electron chi connectivity index (χ3n) is 3.06. The zero-order chi connectivity index (χ0) is 15.8. The molecule has 1 aromatic carbocycles. The first-order valence-electron chi connectivity index (χ1n) is 6.74. The van der Waals surface area contributed by atoms with Crippen molar-refractivity contribution in [2.45, 2.75) is 32.2 Å². The van der Waals surface area contributed by atoms with Gasteiger partial charge < -0.3 is 19.9 Å². The Morgan fingerprint density at radius 2 is 2.00 bits per heavy atom. The highest BCUT2D eigenvalue weighted by Gasteiger charge is 2.19. The number of amides is 1. The summed E-state index contributed by atoms with van der Waals surface area (Å²) >= 11 is 0. The molecule has 0 fully saturated rings. The van der Waals surface area contributed by atoms with E-state index >= 15 is 0 Å². The molecule has 1 atom stereocenters. The van der Waals surface area contributed by atoms with Crippen LogP contribution in [0.25, 0.3) is 0 Å². The molecular weight excluding hydrogens is 274 g/mol. The Balaban J connectivity index is 2.76. The van der Waals surface area contributed by atoms with Gasteiger partial charge in [-0.2, -0.15) is 0 Å². The van der Waals surface area contributed by atoms with Crippen molar-refractivity contribution in [2.75, 3.05) is 14.2 Å². The van der Waals surface area contributed by atoms with Gasteiger partial charge in [0.25, 0.3) is 0 Å². The summed E-state index contributed by atoms with van der Waals surface area (Å²) < 4.78 is 10.3. The van der Waals surface area contributed by atoms with Crippen molar-refractivity contribution in [3.63, 3.8) is 0 Å². The highest BCUT2D eigenvalue weighted by molar-refractivity contribution is 5.85. The van der Waals surface area contributed by atoms with E-state index in [4.69, 9.17) is 14.6 Å². The second kappa shape index (κ2) is 8.14. The molecule has 6 heteroatoms. The second-order valence-corrected chi connectivity index (χ2v) is 4.60. The standard InChI is InChI=1S/C15H21NO5/c1-4-5-12(15(18)19)16-14(17)8-10-6-7-11(20-2)9-13(10)21-3/h6-7,9,12H,4-5,8H2,1-3H3,(H,16,17)(H,18,19). The molecule has 0 bridgehead atoms. The molecule has 0 aliphatic rings. The lowest BCUT2D eigenvalue weighted by atomic mass is 10.1. The summed E-state index contributed by atoms with van der Waals surface area (Å²) in [7, 11) is 3.05. The van der Waals surface area contributed by atoms with E-state index in [1.165, 1.54) is 7.11 Å². The van der Waals surface area contributed by atoms with E-state index in [1.54, 1.807) is 25.3 Å². The Labute approximate surface area is 124 Å². The van der Waals surface area contributed by atoms with Crippen molar-refractivity contribution < 1.29 is 24.2 Å². The van der Waals surface area contributed by atoms with Crippen molar-refractivity contribution in [1.82, 2.24) is 5.32 Å². The molecule has 0 radical (unpaired) electrons. The van der Waals surface area contributed by atoms with Gasteiger partial charge in [0.2, 0.25) is 5.91 Å². The number of carbonyl (C=O) groups is 2. The Morgan fingerprint density at radius 3 is 2.52 bits per heavy atom. The minimum Gasteiger partial charge on any atom is -0.497 e. The highest BCUT2D eigenvalue weighted by Crippen LogP contribution is 2.24. The van der Waals surface area contributed by atoms with Crippen LogP contribution in [0.1, 0.15) is 25.3 Å². The minimum absolute atomic E-state index is 0.0562. The third-order valence-corrected chi connectivity index (χ3v) is 3.06. The highest BCUT2D eigenvalue weighted by atomic mass is 16.5. The molecule has 1 unspecified atom stereocenters. The van der Waals surface area contributed by atoms with Gasteiger partial charge in [-0.25, -0.2) is 4.79 Å². The SMILES string of the molecule is CCCC(NC(=O)Cc1ccc(OC)cc1OC)C(=O)O. The molecule has 0 heterocycles. The van der Waals surface area contributed by atoms with Gasteiger partial charge in [-0.05, 0) is 12.5 Å². The van der Waals surface area contributed by atoms with Crippen molar-refractivity contribution in [1.29, 1.82) is 0 Å². The topological polar surface area (TPSA) is 84.9 Å². The normalized spacial score (nSPS) is 11.6. The summed E-state index contributed by atoms with van der Waals surface area (Å²) in [5.41, 5.74) is 0.677. The first-order valence-corrected chi connectivity index (χ1v) is 6.74. The fourth-order valence-corrected chi connectivity index (χ4v) is 1.96. The number of methoxy groups -OCH3 is 2. The number of hydrogen-bond acceptors (Lipinski definition) is 4. The second-order valence-electron chi connectivity index (χ2n) is 4.60. The van der Waals surface area contributed by atoms with Crippen molar-refractivity contribution in [3.8, 4) is 11.5 Å². The predicted octanol–water partition coefficient (Wildman–Crippen LogP) is 1.62. The van der Waals surface area contributed by atoms with Crippen molar-refractivity contribution in [3.05, 3.63) is 23.8 Å². The van der Waals surface area contributed by atoms with E-state index in [0.717, 1.165) is 0 Å². The Hall–Kier alpha value is -2.24. The van der Waals surface area contributed by atoms with Crippen LogP contribution in [-0.2, 0) is 16.0 Å². The van der Waals surface area contributed by atoms with Crippen LogP contribution in [-0.4, -0.2) is 37.2 Å². The third kappa shape index (κ3) is 4.98. The fraction of sp³-hybridized carbons (Fsp3) is 0.467. The van der Waals surface area contributed by atoms with Crippen LogP contribution in [0.5, 0.6) is 11.5 Å². The summed E-state index contributed by atoms with van der Waals surface area (Å²) in [6, 6.07) is 4.29. The van der Waals surface area contributed by atoms with E-state index in [0.29, 0.717) is 29.9 Å². The number of nitrogens with one attached hydrogen (secondary N) is 1. The molecule has 0 saturated carbocycles. The molecule has 6 nitrogen and oxygen atoms in total. The van der Waals surface area contributed by atoms with Crippen LogP contribution in [0.3, 0.4) is 0 Å². The summed E-state index contributed by atoms with van der Waals surface area (Å²) in [5, 5.41) is 11.6. The average molecular weight is 295 g/mol. The molecule has 1 rings (SSSR count). The molecule has 0 spiro atoms. The zero-order valence-corrected chi connectivity index (χ0v) is 12.5. The number of hydrogen-bond donors (Lipinski definition) is 2. The van der Waals surface area contributed by atoms with Gasteiger partial charge in [0, 0.05) is 11.6 Å². The Bertz CT molecular complexity index is 501. The largest absolute Gasteiger partial charge is 0.497 e. The summed E-state index contributed by atoms with van der Waals surface area (Å²) in [4.78, 5) is 23.0. The van der Waals surface area contributed by atoms with Crippen LogP contribution in [0.2, 0.25) is 0 Å². The maximum atomic E-state index is 12.0. The van der Waals surface area contributed by atoms with Crippen LogP contribution in [0.15, 0.2) is 18.2 Å². The van der Waals surface area contributed by atoms with Gasteiger partial charge in [-0.1, -0.05) is 19.4 Å². The number of carboxylic acids is 1. The van der Waals surface area contributed by atoms with Crippen LogP contribution < -0.4 is 14.8 Å². The minimum atomic E-state index is -1.02. The van der Waals surface area contributed by atoms with Gasteiger partial charge in [0.1, 0.15) is 17.5 Å². The van der Waals surface area contributed by atoms with Crippen molar-refractivity contribution >= 4 is 11.9 Å². The van der Waals surface area contributed by atoms with Crippen LogP contribution in [0, 0.1) is 0 Å². The molecule has 0 saturated heterocycles. The predicted molar refractivity (Wildman–Crippen MR) is 77.7 cm³/mol. The zero-order valence-electron chi connectivity index (χ0n) is 12.5. The number of carbonyl (C=O) groups excluding carboxylic acids is 1. The maximum absolute atomic E-state index is 12.0. The quantitative estimate of drug-likeness (QED) is 0.761. The van der Waals surface area contributed by atoms with Gasteiger partial charge >= 0.3 is 5.97 Å². The Kier molecular flexibility index (Phi) is 6.52. The number of benzene rings is 1. The van der Waals surface area contributed by atoms with E-state index in [-0.39, 0.29) is 12.3 Å².